The average molecular weight is 336 g/mol. The number of carbonyl (C=O) groups is 1. The third-order valence-electron chi connectivity index (χ3n) is 3.40. The first-order valence-corrected chi connectivity index (χ1v) is 7.72. The van der Waals surface area contributed by atoms with Crippen LogP contribution in [0.25, 0.3) is 10.9 Å². The van der Waals surface area contributed by atoms with Gasteiger partial charge in [0, 0.05) is 0 Å². The van der Waals surface area contributed by atoms with Gasteiger partial charge in [0.25, 0.3) is 5.56 Å². The Morgan fingerprint density at radius 1 is 1.24 bits per heavy atom. The molecule has 1 heterocycles. The predicted molar refractivity (Wildman–Crippen MR) is 95.0 cm³/mol. The third kappa shape index (κ3) is 3.89. The fraction of sp³-hybridized carbons (Fsp3) is 0.111. The number of hydrogen-bond donors (Lipinski definition) is 2. The molecule has 7 heteroatoms. The Hall–Kier alpha value is -3.48. The van der Waals surface area contributed by atoms with Crippen LogP contribution in [0.2, 0.25) is 0 Å². The largest absolute Gasteiger partial charge is 0.494 e. The summed E-state index contributed by atoms with van der Waals surface area (Å²) in [7, 11) is 0. The molecule has 2 aromatic carbocycles. The molecule has 2 N–H and O–H groups in total. The van der Waals surface area contributed by atoms with Crippen molar-refractivity contribution in [3.63, 3.8) is 0 Å². The molecule has 0 saturated heterocycles. The number of nitrogens with zero attached hydrogens (tertiary/aromatic N) is 2. The van der Waals surface area contributed by atoms with E-state index in [9.17, 15) is 9.59 Å². The molecule has 0 aliphatic rings. The first kappa shape index (κ1) is 16.4. The van der Waals surface area contributed by atoms with Crippen molar-refractivity contribution in [1.82, 2.24) is 15.4 Å². The maximum atomic E-state index is 12.1. The molecule has 126 valence electrons. The minimum absolute atomic E-state index is 0.0902. The van der Waals surface area contributed by atoms with Crippen LogP contribution in [-0.4, -0.2) is 28.7 Å². The quantitative estimate of drug-likeness (QED) is 0.551. The van der Waals surface area contributed by atoms with E-state index in [4.69, 9.17) is 4.74 Å². The number of rotatable bonds is 5. The molecule has 0 aliphatic heterocycles. The Morgan fingerprint density at radius 3 is 2.76 bits per heavy atom. The lowest BCUT2D eigenvalue weighted by Gasteiger charge is -2.03. The van der Waals surface area contributed by atoms with Crippen LogP contribution in [-0.2, 0) is 0 Å². The van der Waals surface area contributed by atoms with Crippen molar-refractivity contribution in [3.8, 4) is 5.75 Å². The number of amides is 1. The Labute approximate surface area is 143 Å². The van der Waals surface area contributed by atoms with Crippen LogP contribution in [0.4, 0.5) is 0 Å². The van der Waals surface area contributed by atoms with Gasteiger partial charge in [-0.25, -0.2) is 10.4 Å². The number of aromatic nitrogens is 2. The zero-order valence-electron chi connectivity index (χ0n) is 13.5. The number of para-hydroxylation sites is 1. The van der Waals surface area contributed by atoms with Crippen molar-refractivity contribution in [2.24, 2.45) is 5.10 Å². The highest BCUT2D eigenvalue weighted by molar-refractivity contribution is 5.93. The second-order valence-electron chi connectivity index (χ2n) is 5.13. The molecule has 0 fully saturated rings. The summed E-state index contributed by atoms with van der Waals surface area (Å²) >= 11 is 0. The first-order valence-electron chi connectivity index (χ1n) is 7.72. The molecule has 3 rings (SSSR count). The highest BCUT2D eigenvalue weighted by atomic mass is 16.5. The van der Waals surface area contributed by atoms with Crippen molar-refractivity contribution in [3.05, 3.63) is 70.3 Å². The van der Waals surface area contributed by atoms with Crippen LogP contribution in [0.15, 0.2) is 58.4 Å². The molecule has 0 aliphatic carbocycles. The number of aromatic amines is 1. The zero-order chi connectivity index (χ0) is 17.6. The molecular weight excluding hydrogens is 320 g/mol. The van der Waals surface area contributed by atoms with E-state index in [0.29, 0.717) is 17.5 Å². The molecule has 0 spiro atoms. The molecule has 0 bridgehead atoms. The summed E-state index contributed by atoms with van der Waals surface area (Å²) in [6.07, 6.45) is 1.49. The number of nitrogens with one attached hydrogen (secondary N) is 2. The zero-order valence-corrected chi connectivity index (χ0v) is 13.5. The number of carbonyl (C=O) groups excluding carboxylic acids is 1. The van der Waals surface area contributed by atoms with Crippen molar-refractivity contribution >= 4 is 23.0 Å². The molecule has 0 unspecified atom stereocenters. The fourth-order valence-electron chi connectivity index (χ4n) is 2.23. The lowest BCUT2D eigenvalue weighted by atomic mass is 10.2. The Morgan fingerprint density at radius 2 is 2.00 bits per heavy atom. The second kappa shape index (κ2) is 7.39. The maximum Gasteiger partial charge on any atom is 0.307 e. The highest BCUT2D eigenvalue weighted by Gasteiger charge is 2.10. The van der Waals surface area contributed by atoms with Gasteiger partial charge < -0.3 is 9.72 Å². The van der Waals surface area contributed by atoms with Crippen LogP contribution in [0.1, 0.15) is 23.1 Å². The van der Waals surface area contributed by atoms with Crippen molar-refractivity contribution in [1.29, 1.82) is 0 Å². The van der Waals surface area contributed by atoms with Gasteiger partial charge in [-0.15, -0.1) is 0 Å². The van der Waals surface area contributed by atoms with E-state index in [1.54, 1.807) is 24.3 Å². The van der Waals surface area contributed by atoms with Gasteiger partial charge in [0.2, 0.25) is 5.82 Å². The fourth-order valence-corrected chi connectivity index (χ4v) is 2.23. The van der Waals surface area contributed by atoms with Crippen LogP contribution >= 0.6 is 0 Å². The van der Waals surface area contributed by atoms with Gasteiger partial charge in [-0.3, -0.25) is 9.59 Å². The van der Waals surface area contributed by atoms with E-state index >= 15 is 0 Å². The molecule has 1 amide bonds. The SMILES string of the molecule is CCOc1ccc(/C=N\NC(=O)c2nc3ccccc3c(=O)[nH]2)cc1. The number of hydrogen-bond acceptors (Lipinski definition) is 5. The van der Waals surface area contributed by atoms with E-state index < -0.39 is 5.91 Å². The molecule has 25 heavy (non-hydrogen) atoms. The van der Waals surface area contributed by atoms with E-state index in [1.165, 1.54) is 6.21 Å². The summed E-state index contributed by atoms with van der Waals surface area (Å²) in [6, 6.07) is 14.1. The Kier molecular flexibility index (Phi) is 4.84. The van der Waals surface area contributed by atoms with Gasteiger partial charge >= 0.3 is 5.91 Å². The van der Waals surface area contributed by atoms with Gasteiger partial charge in [0.15, 0.2) is 0 Å². The number of ether oxygens (including phenoxy) is 1. The number of benzene rings is 2. The van der Waals surface area contributed by atoms with Crippen molar-refractivity contribution in [2.45, 2.75) is 6.92 Å². The highest BCUT2D eigenvalue weighted by Crippen LogP contribution is 2.10. The maximum absolute atomic E-state index is 12.1. The topological polar surface area (TPSA) is 96.4 Å². The molecular formula is C18H16N4O3. The smallest absolute Gasteiger partial charge is 0.307 e. The van der Waals surface area contributed by atoms with Crippen molar-refractivity contribution in [2.75, 3.05) is 6.61 Å². The molecule has 0 saturated carbocycles. The Balaban J connectivity index is 1.71. The van der Waals surface area contributed by atoms with Crippen LogP contribution < -0.4 is 15.7 Å². The number of H-pyrrole nitrogens is 1. The molecule has 3 aromatic rings. The molecule has 0 atom stereocenters. The van der Waals surface area contributed by atoms with Gasteiger partial charge in [-0.2, -0.15) is 5.10 Å². The lowest BCUT2D eigenvalue weighted by molar-refractivity contribution is 0.0945. The van der Waals surface area contributed by atoms with Crippen LogP contribution in [0.5, 0.6) is 5.75 Å². The van der Waals surface area contributed by atoms with E-state index in [-0.39, 0.29) is 11.4 Å². The summed E-state index contributed by atoms with van der Waals surface area (Å²) in [6.45, 7) is 2.51. The summed E-state index contributed by atoms with van der Waals surface area (Å²) in [5, 5.41) is 4.30. The van der Waals surface area contributed by atoms with E-state index in [2.05, 4.69) is 20.5 Å². The minimum Gasteiger partial charge on any atom is -0.494 e. The first-order chi connectivity index (χ1) is 12.2. The van der Waals surface area contributed by atoms with Gasteiger partial charge in [-0.1, -0.05) is 12.1 Å². The van der Waals surface area contributed by atoms with Gasteiger partial charge in [-0.05, 0) is 48.9 Å². The monoisotopic (exact) mass is 336 g/mol. The molecule has 1 aromatic heterocycles. The standard InChI is InChI=1S/C18H16N4O3/c1-2-25-13-9-7-12(8-10-13)11-19-22-18(24)16-20-15-6-4-3-5-14(15)17(23)21-16/h3-11H,2H2,1H3,(H,22,24)(H,20,21,23)/b19-11-. The summed E-state index contributed by atoms with van der Waals surface area (Å²) < 4.78 is 5.35. The summed E-state index contributed by atoms with van der Waals surface area (Å²) in [4.78, 5) is 30.6. The van der Waals surface area contributed by atoms with Crippen molar-refractivity contribution < 1.29 is 9.53 Å². The van der Waals surface area contributed by atoms with Crippen LogP contribution in [0, 0.1) is 0 Å². The summed E-state index contributed by atoms with van der Waals surface area (Å²) in [5.74, 6) is 0.0826. The Bertz CT molecular complexity index is 978. The van der Waals surface area contributed by atoms with Crippen LogP contribution in [0.3, 0.4) is 0 Å². The molecule has 0 radical (unpaired) electrons. The van der Waals surface area contributed by atoms with Gasteiger partial charge in [0.1, 0.15) is 5.75 Å². The van der Waals surface area contributed by atoms with E-state index in [1.807, 2.05) is 31.2 Å². The summed E-state index contributed by atoms with van der Waals surface area (Å²) in [5.41, 5.74) is 3.22. The lowest BCUT2D eigenvalue weighted by Crippen LogP contribution is -2.24. The normalized spacial score (nSPS) is 10.9. The average Bonchev–Trinajstić information content (AvgIpc) is 2.63. The van der Waals surface area contributed by atoms with E-state index in [0.717, 1.165) is 11.3 Å². The predicted octanol–water partition coefficient (Wildman–Crippen LogP) is 2.09. The molecule has 7 nitrogen and oxygen atoms in total. The van der Waals surface area contributed by atoms with Gasteiger partial charge in [0.05, 0.1) is 23.7 Å². The number of hydrazone groups is 1. The second-order valence-corrected chi connectivity index (χ2v) is 5.13. The number of fused-ring (bicyclic) bond motifs is 1. The minimum atomic E-state index is -0.593. The third-order valence-corrected chi connectivity index (χ3v) is 3.40.